The van der Waals surface area contributed by atoms with Crippen LogP contribution in [-0.2, 0) is 4.79 Å². The average Bonchev–Trinajstić information content (AvgIpc) is 2.37. The molecule has 1 aromatic rings. The van der Waals surface area contributed by atoms with Gasteiger partial charge in [0.1, 0.15) is 5.75 Å². The van der Waals surface area contributed by atoms with Gasteiger partial charge >= 0.3 is 0 Å². The van der Waals surface area contributed by atoms with Gasteiger partial charge in [0.05, 0.1) is 6.61 Å². The van der Waals surface area contributed by atoms with Crippen molar-refractivity contribution in [2.45, 2.75) is 27.2 Å². The summed E-state index contributed by atoms with van der Waals surface area (Å²) in [6.07, 6.45) is 0.991. The highest BCUT2D eigenvalue weighted by molar-refractivity contribution is 5.93. The molecule has 2 N–H and O–H groups in total. The van der Waals surface area contributed by atoms with Crippen molar-refractivity contribution in [1.82, 2.24) is 5.32 Å². The van der Waals surface area contributed by atoms with Gasteiger partial charge < -0.3 is 15.4 Å². The summed E-state index contributed by atoms with van der Waals surface area (Å²) in [4.78, 5) is 12.2. The Morgan fingerprint density at radius 1 is 1.50 bits per heavy atom. The van der Waals surface area contributed by atoms with E-state index < -0.39 is 0 Å². The minimum absolute atomic E-state index is 0.0478. The van der Waals surface area contributed by atoms with Gasteiger partial charge in [-0.2, -0.15) is 0 Å². The Morgan fingerprint density at radius 3 is 2.80 bits per heavy atom. The molecule has 2 rings (SSSR count). The van der Waals surface area contributed by atoms with E-state index in [9.17, 15) is 4.79 Å². The van der Waals surface area contributed by atoms with Crippen LogP contribution in [0.3, 0.4) is 0 Å². The fraction of sp³-hybridized carbons (Fsp3) is 0.562. The highest BCUT2D eigenvalue weighted by atomic mass is 16.5. The van der Waals surface area contributed by atoms with E-state index >= 15 is 0 Å². The van der Waals surface area contributed by atoms with E-state index in [0.29, 0.717) is 5.92 Å². The summed E-state index contributed by atoms with van der Waals surface area (Å²) in [6.45, 7) is 8.67. The van der Waals surface area contributed by atoms with Crippen LogP contribution in [0.15, 0.2) is 18.2 Å². The molecule has 1 aliphatic rings. The van der Waals surface area contributed by atoms with Crippen molar-refractivity contribution in [1.29, 1.82) is 0 Å². The van der Waals surface area contributed by atoms with Crippen LogP contribution in [0.2, 0.25) is 0 Å². The number of carbonyl (C=O) groups excluding carboxylic acids is 1. The minimum atomic E-state index is 0.0478. The molecule has 4 heteroatoms. The zero-order valence-corrected chi connectivity index (χ0v) is 12.5. The standard InChI is InChI=1S/C16H24N2O2/c1-4-7-20-14-5-6-15(11(2)8-14)18-16(19)12(3)13-9-17-10-13/h5-6,8,12-13,17H,4,7,9-10H2,1-3H3,(H,18,19). The molecule has 4 nitrogen and oxygen atoms in total. The first-order valence-corrected chi connectivity index (χ1v) is 7.37. The number of ether oxygens (including phenoxy) is 1. The van der Waals surface area contributed by atoms with Crippen molar-refractivity contribution in [3.8, 4) is 5.75 Å². The molecule has 20 heavy (non-hydrogen) atoms. The largest absolute Gasteiger partial charge is 0.494 e. The van der Waals surface area contributed by atoms with Gasteiger partial charge in [0.15, 0.2) is 0 Å². The van der Waals surface area contributed by atoms with Crippen LogP contribution in [0.25, 0.3) is 0 Å². The Bertz CT molecular complexity index is 470. The van der Waals surface area contributed by atoms with Crippen LogP contribution >= 0.6 is 0 Å². The third-order valence-corrected chi connectivity index (χ3v) is 3.86. The van der Waals surface area contributed by atoms with E-state index in [2.05, 4.69) is 17.6 Å². The zero-order valence-electron chi connectivity index (χ0n) is 12.5. The summed E-state index contributed by atoms with van der Waals surface area (Å²) < 4.78 is 5.59. The van der Waals surface area contributed by atoms with E-state index in [1.807, 2.05) is 32.0 Å². The lowest BCUT2D eigenvalue weighted by molar-refractivity contribution is -0.121. The number of carbonyl (C=O) groups is 1. The Kier molecular flexibility index (Phi) is 5.01. The molecule has 0 spiro atoms. The fourth-order valence-electron chi connectivity index (χ4n) is 2.21. The molecular weight excluding hydrogens is 252 g/mol. The van der Waals surface area contributed by atoms with Crippen molar-refractivity contribution in [2.24, 2.45) is 11.8 Å². The van der Waals surface area contributed by atoms with Crippen LogP contribution in [-0.4, -0.2) is 25.6 Å². The molecule has 1 aromatic carbocycles. The van der Waals surface area contributed by atoms with E-state index in [1.54, 1.807) is 0 Å². The predicted molar refractivity (Wildman–Crippen MR) is 81.1 cm³/mol. The number of hydrogen-bond acceptors (Lipinski definition) is 3. The molecule has 0 saturated carbocycles. The molecule has 0 aliphatic carbocycles. The smallest absolute Gasteiger partial charge is 0.227 e. The summed E-state index contributed by atoms with van der Waals surface area (Å²) in [5.41, 5.74) is 1.91. The fourth-order valence-corrected chi connectivity index (χ4v) is 2.21. The molecule has 1 fully saturated rings. The van der Waals surface area contributed by atoms with Gasteiger partial charge in [0.2, 0.25) is 5.91 Å². The maximum Gasteiger partial charge on any atom is 0.227 e. The van der Waals surface area contributed by atoms with E-state index in [1.165, 1.54) is 0 Å². The number of aryl methyl sites for hydroxylation is 1. The van der Waals surface area contributed by atoms with Gasteiger partial charge in [-0.3, -0.25) is 4.79 Å². The first kappa shape index (κ1) is 14.9. The van der Waals surface area contributed by atoms with Gasteiger partial charge in [-0.15, -0.1) is 0 Å². The van der Waals surface area contributed by atoms with Gasteiger partial charge in [-0.25, -0.2) is 0 Å². The molecule has 1 unspecified atom stereocenters. The maximum absolute atomic E-state index is 12.2. The molecule has 1 saturated heterocycles. The van der Waals surface area contributed by atoms with Crippen LogP contribution in [0.5, 0.6) is 5.75 Å². The lowest BCUT2D eigenvalue weighted by Crippen LogP contribution is -2.48. The SMILES string of the molecule is CCCOc1ccc(NC(=O)C(C)C2CNC2)c(C)c1. The number of rotatable bonds is 6. The molecule has 1 heterocycles. The van der Waals surface area contributed by atoms with Crippen LogP contribution in [0.4, 0.5) is 5.69 Å². The molecule has 110 valence electrons. The van der Waals surface area contributed by atoms with Gasteiger partial charge in [-0.1, -0.05) is 13.8 Å². The first-order chi connectivity index (χ1) is 9.61. The lowest BCUT2D eigenvalue weighted by atomic mass is 9.88. The monoisotopic (exact) mass is 276 g/mol. The highest BCUT2D eigenvalue weighted by Gasteiger charge is 2.28. The molecule has 0 radical (unpaired) electrons. The van der Waals surface area contributed by atoms with Crippen molar-refractivity contribution in [3.05, 3.63) is 23.8 Å². The Morgan fingerprint density at radius 2 is 2.25 bits per heavy atom. The first-order valence-electron chi connectivity index (χ1n) is 7.37. The molecule has 1 aliphatic heterocycles. The summed E-state index contributed by atoms with van der Waals surface area (Å²) in [5, 5.41) is 6.22. The predicted octanol–water partition coefficient (Wildman–Crippen LogP) is 2.58. The summed E-state index contributed by atoms with van der Waals surface area (Å²) >= 11 is 0. The van der Waals surface area contributed by atoms with Crippen molar-refractivity contribution in [3.63, 3.8) is 0 Å². The average molecular weight is 276 g/mol. The van der Waals surface area contributed by atoms with Gasteiger partial charge in [0, 0.05) is 11.6 Å². The maximum atomic E-state index is 12.2. The molecule has 0 aromatic heterocycles. The zero-order chi connectivity index (χ0) is 14.5. The number of benzene rings is 1. The summed E-state index contributed by atoms with van der Waals surface area (Å²) in [5.74, 6) is 1.47. The second-order valence-corrected chi connectivity index (χ2v) is 5.52. The van der Waals surface area contributed by atoms with Crippen molar-refractivity contribution in [2.75, 3.05) is 25.0 Å². The summed E-state index contributed by atoms with van der Waals surface area (Å²) in [7, 11) is 0. The third kappa shape index (κ3) is 3.51. The third-order valence-electron chi connectivity index (χ3n) is 3.86. The second-order valence-electron chi connectivity index (χ2n) is 5.52. The number of amides is 1. The van der Waals surface area contributed by atoms with E-state index in [0.717, 1.165) is 43.1 Å². The van der Waals surface area contributed by atoms with Gasteiger partial charge in [-0.05, 0) is 56.1 Å². The Hall–Kier alpha value is -1.55. The van der Waals surface area contributed by atoms with Crippen molar-refractivity contribution >= 4 is 11.6 Å². The topological polar surface area (TPSA) is 50.4 Å². The van der Waals surface area contributed by atoms with Crippen LogP contribution in [0, 0.1) is 18.8 Å². The second kappa shape index (κ2) is 6.75. The molecular formula is C16H24N2O2. The normalized spacial score (nSPS) is 16.4. The Balaban J connectivity index is 1.96. The lowest BCUT2D eigenvalue weighted by Gasteiger charge is -2.31. The van der Waals surface area contributed by atoms with Crippen LogP contribution in [0.1, 0.15) is 25.8 Å². The number of hydrogen-bond donors (Lipinski definition) is 2. The highest BCUT2D eigenvalue weighted by Crippen LogP contribution is 2.23. The Labute approximate surface area is 120 Å². The summed E-state index contributed by atoms with van der Waals surface area (Å²) in [6, 6.07) is 5.80. The molecule has 0 bridgehead atoms. The number of anilines is 1. The quantitative estimate of drug-likeness (QED) is 0.839. The molecule has 1 amide bonds. The van der Waals surface area contributed by atoms with Crippen LogP contribution < -0.4 is 15.4 Å². The minimum Gasteiger partial charge on any atom is -0.494 e. The van der Waals surface area contributed by atoms with Gasteiger partial charge in [0.25, 0.3) is 0 Å². The van der Waals surface area contributed by atoms with E-state index in [-0.39, 0.29) is 11.8 Å². The molecule has 1 atom stereocenters. The van der Waals surface area contributed by atoms with Crippen molar-refractivity contribution < 1.29 is 9.53 Å². The number of nitrogens with one attached hydrogen (secondary N) is 2. The van der Waals surface area contributed by atoms with E-state index in [4.69, 9.17) is 4.74 Å².